The SMILES string of the molecule is CC(C)[C@H](NC(=O)[C@H](C)NC(=O)[C@@H]1CCCN1C(=O)[C@@H](N)CC(=O)O)C(=O)N[C@@H](Cc1ccccc1)C(=O)N[C@@H](C)C(=O)N[C@@H](C)C(=O)N[C@@H](Cc1ccccc1)C(=O)N[C@@H](CC(=O)O)C(=O)N[C@@H](CCCN=C(N)N)C(=O)O. The number of rotatable bonds is 31. The van der Waals surface area contributed by atoms with Crippen LogP contribution in [0.25, 0.3) is 0 Å². The molecule has 0 aliphatic carbocycles. The van der Waals surface area contributed by atoms with E-state index in [4.69, 9.17) is 22.3 Å². The number of nitrogens with two attached hydrogens (primary N) is 3. The van der Waals surface area contributed by atoms with Gasteiger partial charge in [-0.2, -0.15) is 0 Å². The van der Waals surface area contributed by atoms with E-state index in [1.54, 1.807) is 74.5 Å². The molecule has 2 aromatic carbocycles. The molecule has 17 N–H and O–H groups in total. The van der Waals surface area contributed by atoms with Crippen LogP contribution in [0.3, 0.4) is 0 Å². The van der Waals surface area contributed by atoms with Crippen molar-refractivity contribution in [1.82, 2.24) is 47.4 Å². The number of nitrogens with zero attached hydrogens (tertiary/aromatic N) is 2. The van der Waals surface area contributed by atoms with Gasteiger partial charge in [0.15, 0.2) is 5.96 Å². The minimum absolute atomic E-state index is 0.0303. The Kier molecular flexibility index (Phi) is 25.8. The van der Waals surface area contributed by atoms with Gasteiger partial charge in [-0.25, -0.2) is 4.79 Å². The van der Waals surface area contributed by atoms with E-state index in [1.807, 2.05) is 0 Å². The van der Waals surface area contributed by atoms with Crippen LogP contribution in [0.5, 0.6) is 0 Å². The average Bonchev–Trinajstić information content (AvgIpc) is 3.89. The zero-order valence-electron chi connectivity index (χ0n) is 44.6. The Labute approximate surface area is 455 Å². The van der Waals surface area contributed by atoms with Gasteiger partial charge < -0.3 is 80.0 Å². The van der Waals surface area contributed by atoms with Gasteiger partial charge in [0.25, 0.3) is 0 Å². The molecule has 0 bridgehead atoms. The van der Waals surface area contributed by atoms with Crippen molar-refractivity contribution >= 4 is 77.0 Å². The zero-order chi connectivity index (χ0) is 59.1. The van der Waals surface area contributed by atoms with Crippen LogP contribution in [0.1, 0.15) is 84.3 Å². The summed E-state index contributed by atoms with van der Waals surface area (Å²) in [5.74, 6) is -12.9. The van der Waals surface area contributed by atoms with Crippen LogP contribution >= 0.6 is 0 Å². The largest absolute Gasteiger partial charge is 0.481 e. The number of amides is 9. The maximum absolute atomic E-state index is 14.0. The third-order valence-corrected chi connectivity index (χ3v) is 12.5. The van der Waals surface area contributed by atoms with Gasteiger partial charge in [-0.3, -0.25) is 57.7 Å². The molecule has 1 saturated heterocycles. The van der Waals surface area contributed by atoms with Crippen molar-refractivity contribution in [1.29, 1.82) is 0 Å². The fourth-order valence-corrected chi connectivity index (χ4v) is 8.13. The smallest absolute Gasteiger partial charge is 0.326 e. The number of aliphatic imine (C=N–C) groups is 1. The van der Waals surface area contributed by atoms with Crippen LogP contribution < -0.4 is 59.7 Å². The molecule has 79 heavy (non-hydrogen) atoms. The first-order chi connectivity index (χ1) is 37.2. The number of nitrogens with one attached hydrogen (secondary N) is 8. The van der Waals surface area contributed by atoms with E-state index in [1.165, 1.54) is 25.7 Å². The van der Waals surface area contributed by atoms with Crippen molar-refractivity contribution < 1.29 is 72.9 Å². The summed E-state index contributed by atoms with van der Waals surface area (Å²) in [6, 6.07) is 2.91. The Bertz CT molecular complexity index is 2530. The number of carboxylic acids is 3. The second kappa shape index (κ2) is 31.5. The van der Waals surface area contributed by atoms with Gasteiger partial charge in [-0.05, 0) is 63.5 Å². The second-order valence-corrected chi connectivity index (χ2v) is 19.3. The van der Waals surface area contributed by atoms with Gasteiger partial charge in [0.05, 0.1) is 18.9 Å². The van der Waals surface area contributed by atoms with Gasteiger partial charge in [-0.15, -0.1) is 0 Å². The van der Waals surface area contributed by atoms with E-state index >= 15 is 0 Å². The monoisotopic (exact) mass is 1110 g/mol. The molecule has 0 radical (unpaired) electrons. The summed E-state index contributed by atoms with van der Waals surface area (Å²) >= 11 is 0. The Hall–Kier alpha value is -8.69. The van der Waals surface area contributed by atoms with Gasteiger partial charge in [0, 0.05) is 25.9 Å². The van der Waals surface area contributed by atoms with Gasteiger partial charge >= 0.3 is 17.9 Å². The molecule has 1 aliphatic heterocycles. The summed E-state index contributed by atoms with van der Waals surface area (Å²) in [7, 11) is 0. The first-order valence-corrected chi connectivity index (χ1v) is 25.5. The lowest BCUT2D eigenvalue weighted by Gasteiger charge is -2.29. The van der Waals surface area contributed by atoms with E-state index in [2.05, 4.69) is 47.5 Å². The van der Waals surface area contributed by atoms with E-state index in [0.29, 0.717) is 17.5 Å². The van der Waals surface area contributed by atoms with E-state index in [0.717, 1.165) is 0 Å². The van der Waals surface area contributed by atoms with Crippen molar-refractivity contribution in [3.63, 3.8) is 0 Å². The molecule has 28 heteroatoms. The summed E-state index contributed by atoms with van der Waals surface area (Å²) < 4.78 is 0. The van der Waals surface area contributed by atoms with Crippen LogP contribution in [-0.2, 0) is 70.4 Å². The highest BCUT2D eigenvalue weighted by Crippen LogP contribution is 2.19. The molecule has 1 heterocycles. The molecule has 0 spiro atoms. The number of benzene rings is 2. The van der Waals surface area contributed by atoms with E-state index in [-0.39, 0.29) is 51.2 Å². The predicted octanol–water partition coefficient (Wildman–Crippen LogP) is -3.53. The number of carbonyl (C=O) groups is 12. The number of hydrogen-bond donors (Lipinski definition) is 14. The lowest BCUT2D eigenvalue weighted by Crippen LogP contribution is -2.60. The van der Waals surface area contributed by atoms with Crippen molar-refractivity contribution in [2.45, 2.75) is 146 Å². The molecular weight excluding hydrogens is 1030 g/mol. The molecule has 0 saturated carbocycles. The van der Waals surface area contributed by atoms with Crippen molar-refractivity contribution in [2.75, 3.05) is 13.1 Å². The third kappa shape index (κ3) is 21.7. The Balaban J connectivity index is 1.73. The van der Waals surface area contributed by atoms with Crippen molar-refractivity contribution in [3.8, 4) is 0 Å². The Morgan fingerprint density at radius 2 is 1.01 bits per heavy atom. The lowest BCUT2D eigenvalue weighted by atomic mass is 10.0. The standard InChI is InChI=1S/C51H73N13O15/c1-26(2)40(63-43(71)29(5)58-47(75)37-19-13-21-64(37)49(77)32(52)24-38(65)66)48(76)62-34(22-30-14-8-6-9-15-30)44(72)57-27(3)41(69)56-28(4)42(70)60-35(23-31-16-10-7-11-17-31)45(73)61-36(25-39(67)68)46(74)59-33(50(78)79)18-12-20-55-51(53)54/h6-11,14-17,26-29,32-37,40H,12-13,18-25,52H2,1-5H3,(H,56,69)(H,57,72)(H,58,75)(H,59,74)(H,60,70)(H,61,73)(H,62,76)(H,63,71)(H,65,66)(H,67,68)(H,78,79)(H4,53,54,55)/t27-,28-,29-,32-,33-,34-,35-,36-,37-,40-/m0/s1. The highest BCUT2D eigenvalue weighted by Gasteiger charge is 2.39. The molecule has 0 unspecified atom stereocenters. The zero-order valence-corrected chi connectivity index (χ0v) is 44.6. The lowest BCUT2D eigenvalue weighted by molar-refractivity contribution is -0.144. The summed E-state index contributed by atoms with van der Waals surface area (Å²) in [5.41, 5.74) is 17.5. The molecule has 9 amide bonds. The Morgan fingerprint density at radius 1 is 0.570 bits per heavy atom. The topological polar surface area (TPSA) is 455 Å². The Morgan fingerprint density at radius 3 is 1.52 bits per heavy atom. The van der Waals surface area contributed by atoms with Gasteiger partial charge in [-0.1, -0.05) is 74.5 Å². The number of hydrogen-bond acceptors (Lipinski definition) is 14. The van der Waals surface area contributed by atoms with E-state index < -0.39 is 150 Å². The fraction of sp³-hybridized carbons (Fsp3) is 0.510. The summed E-state index contributed by atoms with van der Waals surface area (Å²) in [5, 5.41) is 48.2. The quantitative estimate of drug-likeness (QED) is 0.0198. The first kappa shape index (κ1) is 64.6. The van der Waals surface area contributed by atoms with E-state index in [9.17, 15) is 67.7 Å². The predicted molar refractivity (Wildman–Crippen MR) is 282 cm³/mol. The van der Waals surface area contributed by atoms with Crippen molar-refractivity contribution in [2.24, 2.45) is 28.1 Å². The number of guanidine groups is 1. The first-order valence-electron chi connectivity index (χ1n) is 25.5. The highest BCUT2D eigenvalue weighted by atomic mass is 16.4. The van der Waals surface area contributed by atoms with Gasteiger partial charge in [0.1, 0.15) is 54.4 Å². The van der Waals surface area contributed by atoms with Crippen LogP contribution in [0.15, 0.2) is 65.7 Å². The summed E-state index contributed by atoms with van der Waals surface area (Å²) in [4.78, 5) is 162. The summed E-state index contributed by atoms with van der Waals surface area (Å²) in [6.07, 6.45) is -1.30. The number of carbonyl (C=O) groups excluding carboxylic acids is 9. The minimum Gasteiger partial charge on any atom is -0.481 e. The number of likely N-dealkylation sites (tertiary alicyclic amines) is 1. The third-order valence-electron chi connectivity index (χ3n) is 12.5. The molecule has 1 fully saturated rings. The summed E-state index contributed by atoms with van der Waals surface area (Å²) in [6.45, 7) is 7.36. The maximum atomic E-state index is 14.0. The molecule has 1 aliphatic rings. The molecule has 2 aromatic rings. The molecule has 28 nitrogen and oxygen atoms in total. The average molecular weight is 1110 g/mol. The highest BCUT2D eigenvalue weighted by molar-refractivity contribution is 5.99. The molecule has 432 valence electrons. The number of aliphatic carboxylic acids is 3. The molecular formula is C51H73N13O15. The fourth-order valence-electron chi connectivity index (χ4n) is 8.13. The van der Waals surface area contributed by atoms with Crippen LogP contribution in [0.4, 0.5) is 0 Å². The molecule has 3 rings (SSSR count). The van der Waals surface area contributed by atoms with Crippen molar-refractivity contribution in [3.05, 3.63) is 71.8 Å². The van der Waals surface area contributed by atoms with Crippen LogP contribution in [0, 0.1) is 5.92 Å². The normalized spacial score (nSPS) is 16.3. The van der Waals surface area contributed by atoms with Crippen LogP contribution in [0.2, 0.25) is 0 Å². The number of carboxylic acid groups (broad SMARTS) is 3. The molecule has 10 atom stereocenters. The second-order valence-electron chi connectivity index (χ2n) is 19.3. The van der Waals surface area contributed by atoms with Crippen LogP contribution in [-0.4, -0.2) is 171 Å². The van der Waals surface area contributed by atoms with Gasteiger partial charge in [0.2, 0.25) is 53.2 Å². The minimum atomic E-state index is -1.81. The maximum Gasteiger partial charge on any atom is 0.326 e. The molecule has 0 aromatic heterocycles.